The van der Waals surface area contributed by atoms with E-state index in [0.717, 1.165) is 31.7 Å². The van der Waals surface area contributed by atoms with E-state index < -0.39 is 0 Å². The summed E-state index contributed by atoms with van der Waals surface area (Å²) in [5.41, 5.74) is 4.03. The Kier molecular flexibility index (Phi) is 7.29. The van der Waals surface area contributed by atoms with Crippen LogP contribution in [0.5, 0.6) is 0 Å². The highest BCUT2D eigenvalue weighted by Crippen LogP contribution is 2.22. The minimum atomic E-state index is -0.190. The largest absolute Gasteiger partial charge is 0.336 e. The molecule has 138 valence electrons. The number of halogens is 1. The maximum atomic E-state index is 12.3. The lowest BCUT2D eigenvalue weighted by atomic mass is 10.1. The number of nitrogens with zero attached hydrogens (tertiary/aromatic N) is 1. The van der Waals surface area contributed by atoms with Crippen molar-refractivity contribution >= 4 is 45.2 Å². The van der Waals surface area contributed by atoms with Crippen molar-refractivity contribution in [2.24, 2.45) is 0 Å². The molecule has 4 nitrogen and oxygen atoms in total. The van der Waals surface area contributed by atoms with Crippen LogP contribution in [-0.4, -0.2) is 36.1 Å². The number of likely N-dealkylation sites (N-methyl/N-ethyl adjacent to an activating group) is 1. The zero-order valence-corrected chi connectivity index (χ0v) is 17.8. The van der Waals surface area contributed by atoms with Crippen LogP contribution in [0.2, 0.25) is 0 Å². The predicted molar refractivity (Wildman–Crippen MR) is 112 cm³/mol. The summed E-state index contributed by atoms with van der Waals surface area (Å²) in [5.74, 6) is 0.0311. The van der Waals surface area contributed by atoms with Crippen LogP contribution in [0.1, 0.15) is 16.7 Å². The van der Waals surface area contributed by atoms with Gasteiger partial charge in [0.2, 0.25) is 11.8 Å². The van der Waals surface area contributed by atoms with Crippen molar-refractivity contribution < 1.29 is 9.59 Å². The normalized spacial score (nSPS) is 10.5. The molecule has 0 saturated heterocycles. The van der Waals surface area contributed by atoms with E-state index in [-0.39, 0.29) is 18.4 Å². The van der Waals surface area contributed by atoms with E-state index >= 15 is 0 Å². The quantitative estimate of drug-likeness (QED) is 0.677. The average molecular weight is 435 g/mol. The van der Waals surface area contributed by atoms with Crippen LogP contribution in [-0.2, 0) is 9.59 Å². The molecule has 1 N–H and O–H groups in total. The van der Waals surface area contributed by atoms with Crippen molar-refractivity contribution in [1.82, 2.24) is 4.90 Å². The Morgan fingerprint density at radius 1 is 1.08 bits per heavy atom. The van der Waals surface area contributed by atoms with Gasteiger partial charge in [-0.05, 0) is 56.2 Å². The molecule has 0 aromatic heterocycles. The van der Waals surface area contributed by atoms with Crippen molar-refractivity contribution in [1.29, 1.82) is 0 Å². The molecule has 0 heterocycles. The molecule has 0 saturated carbocycles. The number of nitrogens with one attached hydrogen (secondary N) is 1. The van der Waals surface area contributed by atoms with Crippen LogP contribution >= 0.6 is 27.7 Å². The third-order valence-electron chi connectivity index (χ3n) is 3.92. The van der Waals surface area contributed by atoms with Gasteiger partial charge >= 0.3 is 0 Å². The van der Waals surface area contributed by atoms with E-state index in [1.54, 1.807) is 7.05 Å². The number of amides is 2. The Balaban J connectivity index is 1.88. The zero-order chi connectivity index (χ0) is 19.3. The van der Waals surface area contributed by atoms with Crippen molar-refractivity contribution in [2.75, 3.05) is 24.7 Å². The summed E-state index contributed by atoms with van der Waals surface area (Å²) in [6.45, 7) is 6.01. The molecule has 0 unspecified atom stereocenters. The van der Waals surface area contributed by atoms with Gasteiger partial charge in [-0.25, -0.2) is 0 Å². The first-order valence-electron chi connectivity index (χ1n) is 8.26. The molecule has 0 spiro atoms. The first-order chi connectivity index (χ1) is 12.3. The molecule has 0 atom stereocenters. The van der Waals surface area contributed by atoms with E-state index in [0.29, 0.717) is 5.75 Å². The smallest absolute Gasteiger partial charge is 0.243 e. The Morgan fingerprint density at radius 3 is 2.23 bits per heavy atom. The Bertz CT molecular complexity index is 783. The van der Waals surface area contributed by atoms with E-state index in [4.69, 9.17) is 0 Å². The molecule has 2 rings (SSSR count). The van der Waals surface area contributed by atoms with Gasteiger partial charge in [-0.3, -0.25) is 9.59 Å². The van der Waals surface area contributed by atoms with Gasteiger partial charge in [0, 0.05) is 22.1 Å². The zero-order valence-electron chi connectivity index (χ0n) is 15.4. The maximum absolute atomic E-state index is 12.3. The van der Waals surface area contributed by atoms with Crippen molar-refractivity contribution in [2.45, 2.75) is 25.7 Å². The molecule has 0 aliphatic heterocycles. The fourth-order valence-corrected chi connectivity index (χ4v) is 3.75. The average Bonchev–Trinajstić information content (AvgIpc) is 2.57. The monoisotopic (exact) mass is 434 g/mol. The van der Waals surface area contributed by atoms with Gasteiger partial charge in [0.25, 0.3) is 0 Å². The number of carbonyl (C=O) groups is 2. The van der Waals surface area contributed by atoms with Gasteiger partial charge < -0.3 is 10.2 Å². The number of aryl methyl sites for hydroxylation is 3. The van der Waals surface area contributed by atoms with Gasteiger partial charge in [0.1, 0.15) is 0 Å². The van der Waals surface area contributed by atoms with Crippen molar-refractivity contribution in [3.05, 3.63) is 57.6 Å². The Hall–Kier alpha value is -1.79. The minimum Gasteiger partial charge on any atom is -0.336 e. The van der Waals surface area contributed by atoms with Crippen molar-refractivity contribution in [3.63, 3.8) is 0 Å². The molecule has 26 heavy (non-hydrogen) atoms. The topological polar surface area (TPSA) is 49.4 Å². The molecular formula is C20H23BrN2O2S. The third kappa shape index (κ3) is 5.88. The summed E-state index contributed by atoms with van der Waals surface area (Å²) in [4.78, 5) is 27.1. The highest BCUT2D eigenvalue weighted by atomic mass is 79.9. The Labute approximate surface area is 167 Å². The number of rotatable bonds is 6. The van der Waals surface area contributed by atoms with E-state index in [1.165, 1.54) is 16.7 Å². The van der Waals surface area contributed by atoms with Gasteiger partial charge in [-0.15, -0.1) is 11.8 Å². The molecule has 2 aromatic rings. The molecule has 0 aliphatic carbocycles. The second-order valence-corrected chi connectivity index (χ2v) is 8.28. The summed E-state index contributed by atoms with van der Waals surface area (Å²) in [6, 6.07) is 11.9. The SMILES string of the molecule is Cc1cc(C)c(NC(=O)CN(C)C(=O)CSc2ccc(Br)cc2)c(C)c1. The summed E-state index contributed by atoms with van der Waals surface area (Å²) < 4.78 is 1.00. The fraction of sp³-hybridized carbons (Fsp3) is 0.300. The van der Waals surface area contributed by atoms with Crippen LogP contribution < -0.4 is 5.32 Å². The molecule has 0 radical (unpaired) electrons. The number of hydrogen-bond acceptors (Lipinski definition) is 3. The first-order valence-corrected chi connectivity index (χ1v) is 10.0. The second-order valence-electron chi connectivity index (χ2n) is 6.31. The molecular weight excluding hydrogens is 412 g/mol. The molecule has 6 heteroatoms. The van der Waals surface area contributed by atoms with E-state index in [9.17, 15) is 9.59 Å². The molecule has 2 amide bonds. The molecule has 2 aromatic carbocycles. The Morgan fingerprint density at radius 2 is 1.65 bits per heavy atom. The number of hydrogen-bond donors (Lipinski definition) is 1. The standard InChI is InChI=1S/C20H23BrN2O2S/c1-13-9-14(2)20(15(3)10-13)22-18(24)11-23(4)19(25)12-26-17-7-5-16(21)6-8-17/h5-10H,11-12H2,1-4H3,(H,22,24). The van der Waals surface area contributed by atoms with Gasteiger partial charge in [0.15, 0.2) is 0 Å². The lowest BCUT2D eigenvalue weighted by Crippen LogP contribution is -2.36. The second kappa shape index (κ2) is 9.24. The van der Waals surface area contributed by atoms with Crippen LogP contribution in [0.25, 0.3) is 0 Å². The fourth-order valence-electron chi connectivity index (χ4n) is 2.65. The number of benzene rings is 2. The summed E-state index contributed by atoms with van der Waals surface area (Å²) in [5, 5.41) is 2.93. The van der Waals surface area contributed by atoms with Crippen LogP contribution in [0.4, 0.5) is 5.69 Å². The molecule has 0 fully saturated rings. The van der Waals surface area contributed by atoms with Crippen LogP contribution in [0.3, 0.4) is 0 Å². The van der Waals surface area contributed by atoms with Gasteiger partial charge in [-0.1, -0.05) is 33.6 Å². The molecule has 0 bridgehead atoms. The highest BCUT2D eigenvalue weighted by Gasteiger charge is 2.15. The van der Waals surface area contributed by atoms with E-state index in [2.05, 4.69) is 21.2 Å². The number of carbonyl (C=O) groups excluding carboxylic acids is 2. The van der Waals surface area contributed by atoms with Crippen molar-refractivity contribution in [3.8, 4) is 0 Å². The van der Waals surface area contributed by atoms with E-state index in [1.807, 2.05) is 57.2 Å². The minimum absolute atomic E-state index is 0.0342. The third-order valence-corrected chi connectivity index (χ3v) is 5.45. The van der Waals surface area contributed by atoms with Gasteiger partial charge in [0.05, 0.1) is 12.3 Å². The number of anilines is 1. The summed E-state index contributed by atoms with van der Waals surface area (Å²) >= 11 is 4.85. The highest BCUT2D eigenvalue weighted by molar-refractivity contribution is 9.10. The lowest BCUT2D eigenvalue weighted by Gasteiger charge is -2.18. The van der Waals surface area contributed by atoms with Gasteiger partial charge in [-0.2, -0.15) is 0 Å². The lowest BCUT2D eigenvalue weighted by molar-refractivity contribution is -0.131. The summed E-state index contributed by atoms with van der Waals surface area (Å²) in [7, 11) is 1.65. The first kappa shape index (κ1) is 20.5. The van der Waals surface area contributed by atoms with Crippen LogP contribution in [0.15, 0.2) is 45.8 Å². The van der Waals surface area contributed by atoms with Crippen LogP contribution in [0, 0.1) is 20.8 Å². The molecule has 0 aliphatic rings. The predicted octanol–water partition coefficient (Wildman–Crippen LogP) is 4.56. The summed E-state index contributed by atoms with van der Waals surface area (Å²) in [6.07, 6.45) is 0. The maximum Gasteiger partial charge on any atom is 0.243 e. The number of thioether (sulfide) groups is 1.